The Morgan fingerprint density at radius 2 is 1.78 bits per heavy atom. The van der Waals surface area contributed by atoms with Crippen LogP contribution in [0.2, 0.25) is 0 Å². The van der Waals surface area contributed by atoms with Gasteiger partial charge in [-0.2, -0.15) is 0 Å². The molecule has 3 aromatic rings. The molecule has 0 spiro atoms. The second kappa shape index (κ2) is 6.63. The molecule has 0 saturated carbocycles. The van der Waals surface area contributed by atoms with Gasteiger partial charge in [-0.25, -0.2) is 0 Å². The number of hydrogen-bond donors (Lipinski definition) is 2. The summed E-state index contributed by atoms with van der Waals surface area (Å²) in [5, 5.41) is 15.1. The highest BCUT2D eigenvalue weighted by molar-refractivity contribution is 9.10. The lowest BCUT2D eigenvalue weighted by Crippen LogP contribution is -2.03. The molecule has 0 radical (unpaired) electrons. The summed E-state index contributed by atoms with van der Waals surface area (Å²) in [5.74, 6) is 0.938. The van der Waals surface area contributed by atoms with Crippen molar-refractivity contribution in [1.82, 2.24) is 0 Å². The Kier molecular flexibility index (Phi) is 4.28. The molecule has 1 aliphatic heterocycles. The maximum Gasteiger partial charge on any atom is 0.256 e. The quantitative estimate of drug-likeness (QED) is 0.590. The van der Waals surface area contributed by atoms with Gasteiger partial charge in [-0.15, -0.1) is 0 Å². The third kappa shape index (κ3) is 2.92. The molecular weight excluding hydrogens is 410 g/mol. The number of nitrogens with one attached hydrogen (secondary N) is 1. The zero-order chi connectivity index (χ0) is 19.1. The number of rotatable bonds is 3. The molecule has 4 rings (SSSR count). The van der Waals surface area contributed by atoms with Gasteiger partial charge in [0.25, 0.3) is 5.91 Å². The van der Waals surface area contributed by atoms with Gasteiger partial charge in [-0.3, -0.25) is 4.79 Å². The predicted molar refractivity (Wildman–Crippen MR) is 109 cm³/mol. The number of methoxy groups -OCH3 is 2. The number of benzene rings is 3. The summed E-state index contributed by atoms with van der Waals surface area (Å²) in [5.41, 5.74) is 2.39. The van der Waals surface area contributed by atoms with Gasteiger partial charge in [0.1, 0.15) is 5.75 Å². The van der Waals surface area contributed by atoms with Gasteiger partial charge in [0.2, 0.25) is 0 Å². The van der Waals surface area contributed by atoms with Crippen LogP contribution in [0, 0.1) is 0 Å². The lowest BCUT2D eigenvalue weighted by molar-refractivity contribution is -0.110. The molecule has 0 aliphatic carbocycles. The average Bonchev–Trinajstić information content (AvgIpc) is 2.97. The van der Waals surface area contributed by atoms with Gasteiger partial charge in [-0.05, 0) is 41.1 Å². The Morgan fingerprint density at radius 1 is 1.04 bits per heavy atom. The third-order valence-electron chi connectivity index (χ3n) is 4.60. The Hall–Kier alpha value is -2.99. The van der Waals surface area contributed by atoms with Crippen LogP contribution in [0.25, 0.3) is 22.4 Å². The SMILES string of the molecule is COc1cc2c(cc1OC)C(=Cc1c(O)ccc3cc(Br)ccc13)C(=O)N2. The summed E-state index contributed by atoms with van der Waals surface area (Å²) in [7, 11) is 3.09. The van der Waals surface area contributed by atoms with E-state index in [4.69, 9.17) is 9.47 Å². The zero-order valence-corrected chi connectivity index (χ0v) is 16.3. The summed E-state index contributed by atoms with van der Waals surface area (Å²) < 4.78 is 11.6. The van der Waals surface area contributed by atoms with Crippen LogP contribution in [0.4, 0.5) is 5.69 Å². The highest BCUT2D eigenvalue weighted by Gasteiger charge is 2.27. The molecule has 1 heterocycles. The zero-order valence-electron chi connectivity index (χ0n) is 14.7. The molecular formula is C21H16BrNO4. The molecule has 1 amide bonds. The van der Waals surface area contributed by atoms with Crippen molar-refractivity contribution in [2.24, 2.45) is 0 Å². The highest BCUT2D eigenvalue weighted by atomic mass is 79.9. The summed E-state index contributed by atoms with van der Waals surface area (Å²) >= 11 is 3.46. The average molecular weight is 426 g/mol. The minimum atomic E-state index is -0.242. The number of phenols is 1. The number of halogens is 1. The first kappa shape index (κ1) is 17.4. The number of amides is 1. The van der Waals surface area contributed by atoms with E-state index in [-0.39, 0.29) is 11.7 Å². The molecule has 0 saturated heterocycles. The lowest BCUT2D eigenvalue weighted by Gasteiger charge is -2.10. The summed E-state index contributed by atoms with van der Waals surface area (Å²) in [6.07, 6.45) is 1.71. The van der Waals surface area contributed by atoms with Crippen molar-refractivity contribution in [2.45, 2.75) is 0 Å². The van der Waals surface area contributed by atoms with E-state index in [0.29, 0.717) is 33.9 Å². The summed E-state index contributed by atoms with van der Waals surface area (Å²) in [6.45, 7) is 0. The van der Waals surface area contributed by atoms with Crippen molar-refractivity contribution < 1.29 is 19.4 Å². The van der Waals surface area contributed by atoms with Crippen LogP contribution in [0.1, 0.15) is 11.1 Å². The normalized spacial score (nSPS) is 14.3. The maximum absolute atomic E-state index is 12.6. The molecule has 6 heteroatoms. The van der Waals surface area contributed by atoms with Crippen LogP contribution in [-0.4, -0.2) is 25.2 Å². The second-order valence-corrected chi connectivity index (χ2v) is 7.04. The van der Waals surface area contributed by atoms with Crippen LogP contribution in [0.5, 0.6) is 17.2 Å². The third-order valence-corrected chi connectivity index (χ3v) is 5.09. The number of ether oxygens (including phenoxy) is 2. The minimum Gasteiger partial charge on any atom is -0.507 e. The molecule has 1 aliphatic rings. The standard InChI is InChI=1S/C21H16BrNO4/c1-26-19-9-14-16(21(25)23-17(14)10-20(19)27-2)8-15-13-5-4-12(22)7-11(13)3-6-18(15)24/h3-10,24H,1-2H3,(H,23,25). The van der Waals surface area contributed by atoms with E-state index in [2.05, 4.69) is 21.2 Å². The van der Waals surface area contributed by atoms with E-state index in [1.807, 2.05) is 24.3 Å². The van der Waals surface area contributed by atoms with Crippen LogP contribution < -0.4 is 14.8 Å². The Balaban J connectivity index is 1.93. The predicted octanol–water partition coefficient (Wildman–Crippen LogP) is 4.82. The van der Waals surface area contributed by atoms with Gasteiger partial charge in [0, 0.05) is 27.2 Å². The van der Waals surface area contributed by atoms with Gasteiger partial charge in [-0.1, -0.05) is 28.1 Å². The van der Waals surface area contributed by atoms with E-state index in [1.165, 1.54) is 0 Å². The number of anilines is 1. The summed E-state index contributed by atoms with van der Waals surface area (Å²) in [6, 6.07) is 12.7. The van der Waals surface area contributed by atoms with Crippen LogP contribution >= 0.6 is 15.9 Å². The van der Waals surface area contributed by atoms with Crippen molar-refractivity contribution >= 4 is 49.9 Å². The Morgan fingerprint density at radius 3 is 2.52 bits per heavy atom. The first-order valence-electron chi connectivity index (χ1n) is 8.22. The highest BCUT2D eigenvalue weighted by Crippen LogP contribution is 2.42. The van der Waals surface area contributed by atoms with Crippen LogP contribution in [-0.2, 0) is 4.79 Å². The molecule has 27 heavy (non-hydrogen) atoms. The number of hydrogen-bond acceptors (Lipinski definition) is 4. The molecule has 0 unspecified atom stereocenters. The van der Waals surface area contributed by atoms with Gasteiger partial charge in [0.05, 0.1) is 19.9 Å². The monoisotopic (exact) mass is 425 g/mol. The number of carbonyl (C=O) groups is 1. The lowest BCUT2D eigenvalue weighted by atomic mass is 9.98. The summed E-state index contributed by atoms with van der Waals surface area (Å²) in [4.78, 5) is 12.6. The fourth-order valence-corrected chi connectivity index (χ4v) is 3.65. The number of fused-ring (bicyclic) bond motifs is 2. The van der Waals surface area contributed by atoms with Crippen LogP contribution in [0.3, 0.4) is 0 Å². The molecule has 3 aromatic carbocycles. The van der Waals surface area contributed by atoms with Crippen molar-refractivity contribution in [2.75, 3.05) is 19.5 Å². The van der Waals surface area contributed by atoms with E-state index >= 15 is 0 Å². The van der Waals surface area contributed by atoms with Gasteiger partial charge in [0.15, 0.2) is 11.5 Å². The molecule has 2 N–H and O–H groups in total. The van der Waals surface area contributed by atoms with E-state index < -0.39 is 0 Å². The fraction of sp³-hybridized carbons (Fsp3) is 0.0952. The van der Waals surface area contributed by atoms with Gasteiger partial charge < -0.3 is 19.9 Å². The number of phenolic OH excluding ortho intramolecular Hbond substituents is 1. The first-order chi connectivity index (χ1) is 13.0. The van der Waals surface area contributed by atoms with Crippen molar-refractivity contribution in [1.29, 1.82) is 0 Å². The van der Waals surface area contributed by atoms with E-state index in [9.17, 15) is 9.90 Å². The second-order valence-electron chi connectivity index (χ2n) is 6.13. The molecule has 0 atom stereocenters. The van der Waals surface area contributed by atoms with Crippen molar-refractivity contribution in [3.8, 4) is 17.2 Å². The first-order valence-corrected chi connectivity index (χ1v) is 9.02. The van der Waals surface area contributed by atoms with E-state index in [0.717, 1.165) is 15.2 Å². The Bertz CT molecular complexity index is 1120. The number of carbonyl (C=O) groups excluding carboxylic acids is 1. The topological polar surface area (TPSA) is 67.8 Å². The fourth-order valence-electron chi connectivity index (χ4n) is 3.27. The molecule has 136 valence electrons. The maximum atomic E-state index is 12.6. The Labute approximate surface area is 164 Å². The van der Waals surface area contributed by atoms with Gasteiger partial charge >= 0.3 is 0 Å². The van der Waals surface area contributed by atoms with Crippen molar-refractivity contribution in [3.05, 3.63) is 58.1 Å². The largest absolute Gasteiger partial charge is 0.507 e. The van der Waals surface area contributed by atoms with Crippen LogP contribution in [0.15, 0.2) is 46.9 Å². The minimum absolute atomic E-state index is 0.110. The molecule has 0 bridgehead atoms. The molecule has 0 fully saturated rings. The smallest absolute Gasteiger partial charge is 0.256 e. The molecule has 0 aromatic heterocycles. The number of aromatic hydroxyl groups is 1. The van der Waals surface area contributed by atoms with Crippen molar-refractivity contribution in [3.63, 3.8) is 0 Å². The van der Waals surface area contributed by atoms with E-state index in [1.54, 1.807) is 38.5 Å². The molecule has 5 nitrogen and oxygen atoms in total.